The summed E-state index contributed by atoms with van der Waals surface area (Å²) in [5.41, 5.74) is 4.90. The van der Waals surface area contributed by atoms with Crippen LogP contribution >= 0.6 is 0 Å². The lowest BCUT2D eigenvalue weighted by Gasteiger charge is -2.14. The van der Waals surface area contributed by atoms with Crippen LogP contribution in [0.5, 0.6) is 0 Å². The third-order valence-corrected chi connectivity index (χ3v) is 6.58. The summed E-state index contributed by atoms with van der Waals surface area (Å²) >= 11 is 0. The second-order valence-corrected chi connectivity index (χ2v) is 9.89. The van der Waals surface area contributed by atoms with Gasteiger partial charge in [0.15, 0.2) is 0 Å². The number of anilines is 1. The van der Waals surface area contributed by atoms with E-state index in [1.807, 2.05) is 43.3 Å². The van der Waals surface area contributed by atoms with Gasteiger partial charge in [0.25, 0.3) is 0 Å². The fourth-order valence-electron chi connectivity index (χ4n) is 3.52. The normalized spacial score (nSPS) is 13.7. The van der Waals surface area contributed by atoms with Crippen LogP contribution in [0.2, 0.25) is 0 Å². The number of aliphatic imine (C=N–C) groups is 1. The third kappa shape index (κ3) is 5.06. The summed E-state index contributed by atoms with van der Waals surface area (Å²) in [6.45, 7) is 2.41. The first kappa shape index (κ1) is 22.5. The van der Waals surface area contributed by atoms with Gasteiger partial charge in [0.05, 0.1) is 36.7 Å². The van der Waals surface area contributed by atoms with Crippen LogP contribution in [0, 0.1) is 0 Å². The number of fused-ring (bicyclic) bond motifs is 1. The number of benzene rings is 1. The first-order valence-electron chi connectivity index (χ1n) is 10.4. The minimum atomic E-state index is -3.44. The number of rotatable bonds is 7. The highest BCUT2D eigenvalue weighted by molar-refractivity contribution is 7.92. The minimum absolute atomic E-state index is 0.0873. The molecule has 1 atom stereocenters. The summed E-state index contributed by atoms with van der Waals surface area (Å²) in [6, 6.07) is 11.6. The fourth-order valence-corrected chi connectivity index (χ4v) is 3.91. The van der Waals surface area contributed by atoms with Crippen molar-refractivity contribution in [2.24, 2.45) is 4.99 Å². The van der Waals surface area contributed by atoms with Crippen molar-refractivity contribution in [1.29, 1.82) is 0 Å². The SMILES string of the molecule is C[C@@H](NC(=O)Cc1cc2c(cn1)C(c1cnc(N(C)S(C)(=O)=O)nc1)=NC2)c1ccccc1. The number of carbonyl (C=O) groups is 1. The molecule has 1 aliphatic heterocycles. The first-order chi connectivity index (χ1) is 15.7. The Morgan fingerprint density at radius 2 is 1.82 bits per heavy atom. The summed E-state index contributed by atoms with van der Waals surface area (Å²) in [4.78, 5) is 29.8. The Morgan fingerprint density at radius 3 is 2.48 bits per heavy atom. The molecule has 1 amide bonds. The molecule has 3 heterocycles. The number of sulfonamides is 1. The summed E-state index contributed by atoms with van der Waals surface area (Å²) in [5.74, 6) is -0.0128. The number of amides is 1. The number of carbonyl (C=O) groups excluding carboxylic acids is 1. The van der Waals surface area contributed by atoms with Crippen LogP contribution in [0.1, 0.15) is 40.9 Å². The molecule has 2 aromatic heterocycles. The minimum Gasteiger partial charge on any atom is -0.349 e. The Kier molecular flexibility index (Phi) is 6.19. The second-order valence-electron chi connectivity index (χ2n) is 7.88. The summed E-state index contributed by atoms with van der Waals surface area (Å²) in [7, 11) is -2.04. The lowest BCUT2D eigenvalue weighted by molar-refractivity contribution is -0.121. The number of nitrogens with zero attached hydrogens (tertiary/aromatic N) is 5. The molecule has 0 aliphatic carbocycles. The molecule has 0 unspecified atom stereocenters. The van der Waals surface area contributed by atoms with Crippen LogP contribution in [0.15, 0.2) is 60.0 Å². The smallest absolute Gasteiger partial charge is 0.238 e. The molecule has 10 heteroatoms. The van der Waals surface area contributed by atoms with E-state index >= 15 is 0 Å². The maximum atomic E-state index is 12.5. The number of hydrogen-bond acceptors (Lipinski definition) is 7. The molecule has 0 saturated carbocycles. The lowest BCUT2D eigenvalue weighted by Crippen LogP contribution is -2.28. The zero-order valence-electron chi connectivity index (χ0n) is 18.6. The van der Waals surface area contributed by atoms with Gasteiger partial charge in [-0.1, -0.05) is 30.3 Å². The number of aromatic nitrogens is 3. The largest absolute Gasteiger partial charge is 0.349 e. The van der Waals surface area contributed by atoms with Gasteiger partial charge in [-0.25, -0.2) is 22.7 Å². The predicted molar refractivity (Wildman–Crippen MR) is 126 cm³/mol. The molecule has 1 N–H and O–H groups in total. The first-order valence-corrected chi connectivity index (χ1v) is 12.2. The maximum absolute atomic E-state index is 12.5. The Bertz CT molecular complexity index is 1310. The molecule has 0 fully saturated rings. The average molecular weight is 465 g/mol. The van der Waals surface area contributed by atoms with Crippen molar-refractivity contribution < 1.29 is 13.2 Å². The molecule has 9 nitrogen and oxygen atoms in total. The van der Waals surface area contributed by atoms with Crippen molar-refractivity contribution in [3.8, 4) is 0 Å². The van der Waals surface area contributed by atoms with E-state index in [1.54, 1.807) is 18.6 Å². The van der Waals surface area contributed by atoms with Gasteiger partial charge in [-0.05, 0) is 24.1 Å². The van der Waals surface area contributed by atoms with Crippen LogP contribution in [-0.2, 0) is 27.8 Å². The molecule has 0 bridgehead atoms. The number of hydrogen-bond donors (Lipinski definition) is 1. The molecule has 3 aromatic rings. The van der Waals surface area contributed by atoms with E-state index in [-0.39, 0.29) is 24.3 Å². The molecule has 0 saturated heterocycles. The van der Waals surface area contributed by atoms with Gasteiger partial charge in [0.1, 0.15) is 0 Å². The van der Waals surface area contributed by atoms with Crippen LogP contribution in [0.3, 0.4) is 0 Å². The van der Waals surface area contributed by atoms with Gasteiger partial charge < -0.3 is 5.32 Å². The fraction of sp³-hybridized carbons (Fsp3) is 0.261. The Morgan fingerprint density at radius 1 is 1.12 bits per heavy atom. The van der Waals surface area contributed by atoms with Gasteiger partial charge in [-0.3, -0.25) is 14.8 Å². The highest BCUT2D eigenvalue weighted by Crippen LogP contribution is 2.23. The molecule has 0 radical (unpaired) electrons. The second kappa shape index (κ2) is 9.07. The van der Waals surface area contributed by atoms with E-state index in [2.05, 4.69) is 25.3 Å². The molecule has 33 heavy (non-hydrogen) atoms. The lowest BCUT2D eigenvalue weighted by atomic mass is 10.0. The highest BCUT2D eigenvalue weighted by atomic mass is 32.2. The van der Waals surface area contributed by atoms with Crippen molar-refractivity contribution in [1.82, 2.24) is 20.3 Å². The molecule has 1 aliphatic rings. The van der Waals surface area contributed by atoms with Crippen molar-refractivity contribution in [2.75, 3.05) is 17.6 Å². The van der Waals surface area contributed by atoms with Gasteiger partial charge in [-0.2, -0.15) is 0 Å². The number of pyridine rings is 1. The monoisotopic (exact) mass is 464 g/mol. The predicted octanol–water partition coefficient (Wildman–Crippen LogP) is 2.04. The topological polar surface area (TPSA) is 118 Å². The Labute approximate surface area is 192 Å². The average Bonchev–Trinajstić information content (AvgIpc) is 3.22. The number of nitrogens with one attached hydrogen (secondary N) is 1. The van der Waals surface area contributed by atoms with Gasteiger partial charge in [-0.15, -0.1) is 0 Å². The summed E-state index contributed by atoms with van der Waals surface area (Å²) in [6.07, 6.45) is 6.07. The van der Waals surface area contributed by atoms with Crippen molar-refractivity contribution in [3.63, 3.8) is 0 Å². The summed E-state index contributed by atoms with van der Waals surface area (Å²) < 4.78 is 24.3. The molecule has 170 valence electrons. The van der Waals surface area contributed by atoms with Crippen molar-refractivity contribution >= 4 is 27.6 Å². The molecule has 1 aromatic carbocycles. The zero-order valence-corrected chi connectivity index (χ0v) is 19.4. The van der Waals surface area contributed by atoms with Crippen molar-refractivity contribution in [2.45, 2.75) is 25.9 Å². The van der Waals surface area contributed by atoms with Gasteiger partial charge in [0.2, 0.25) is 21.9 Å². The van der Waals surface area contributed by atoms with E-state index < -0.39 is 10.0 Å². The molecule has 4 rings (SSSR count). The van der Waals surface area contributed by atoms with E-state index in [1.165, 1.54) is 7.05 Å². The van der Waals surface area contributed by atoms with E-state index in [0.29, 0.717) is 23.5 Å². The molecular formula is C23H24N6O3S. The standard InChI is InChI=1S/C23H24N6O3S/c1-15(16-7-5-4-6-8-16)28-21(30)10-19-9-17-11-25-22(20(17)14-24-19)18-12-26-23(27-13-18)29(2)33(3,31)32/h4-9,12-15H,10-11H2,1-3H3,(H,28,30)/t15-/m1/s1. The van der Waals surface area contributed by atoms with Crippen molar-refractivity contribution in [3.05, 3.63) is 82.9 Å². The molecule has 0 spiro atoms. The third-order valence-electron chi connectivity index (χ3n) is 5.42. The van der Waals surface area contributed by atoms with Crippen LogP contribution in [-0.4, -0.2) is 48.3 Å². The van der Waals surface area contributed by atoms with E-state index in [0.717, 1.165) is 27.3 Å². The Hall–Kier alpha value is -3.66. The zero-order chi connectivity index (χ0) is 23.6. The quantitative estimate of drug-likeness (QED) is 0.572. The van der Waals surface area contributed by atoms with Gasteiger partial charge >= 0.3 is 0 Å². The summed E-state index contributed by atoms with van der Waals surface area (Å²) in [5, 5.41) is 3.00. The van der Waals surface area contributed by atoms with Crippen LogP contribution in [0.4, 0.5) is 5.95 Å². The highest BCUT2D eigenvalue weighted by Gasteiger charge is 2.21. The van der Waals surface area contributed by atoms with E-state index in [9.17, 15) is 13.2 Å². The molecular weight excluding hydrogens is 440 g/mol. The maximum Gasteiger partial charge on any atom is 0.238 e. The van der Waals surface area contributed by atoms with Gasteiger partial charge in [0, 0.05) is 36.8 Å². The van der Waals surface area contributed by atoms with Crippen LogP contribution in [0.25, 0.3) is 0 Å². The van der Waals surface area contributed by atoms with E-state index in [4.69, 9.17) is 0 Å². The van der Waals surface area contributed by atoms with Crippen LogP contribution < -0.4 is 9.62 Å². The Balaban J connectivity index is 1.44.